The Morgan fingerprint density at radius 2 is 2.04 bits per heavy atom. The Kier molecular flexibility index (Phi) is 4.36. The van der Waals surface area contributed by atoms with Crippen molar-refractivity contribution in [3.63, 3.8) is 0 Å². The number of aryl methyl sites for hydroxylation is 1. The highest BCUT2D eigenvalue weighted by Crippen LogP contribution is 2.35. The molecular formula is C21H20FN3O2. The molecule has 4 rings (SSSR count). The van der Waals surface area contributed by atoms with Gasteiger partial charge >= 0.3 is 0 Å². The standard InChI is InChI=1S/C21H20FN3O2/c1-11-5-6-23-20(12(2)26)19(11)14-4-3-13-8-18(24-10-15(13)7-14)25-21(27)16-9-17(16)22/h3-8,10,12,16-17,26H,9H2,1-2H3,(H,24,25,27)/t12?,16-,17+/m1/s1. The minimum Gasteiger partial charge on any atom is -0.387 e. The Bertz CT molecular complexity index is 1040. The molecule has 1 aliphatic carbocycles. The molecule has 2 aromatic heterocycles. The predicted octanol–water partition coefficient (Wildman–Crippen LogP) is 3.96. The normalized spacial score (nSPS) is 19.7. The highest BCUT2D eigenvalue weighted by Gasteiger charge is 2.43. The largest absolute Gasteiger partial charge is 0.387 e. The van der Waals surface area contributed by atoms with E-state index in [0.717, 1.165) is 27.5 Å². The van der Waals surface area contributed by atoms with Crippen molar-refractivity contribution in [1.82, 2.24) is 9.97 Å². The fourth-order valence-electron chi connectivity index (χ4n) is 3.29. The molecule has 1 aliphatic rings. The van der Waals surface area contributed by atoms with Gasteiger partial charge in [0.2, 0.25) is 5.91 Å². The second kappa shape index (κ2) is 6.70. The van der Waals surface area contributed by atoms with Gasteiger partial charge in [-0.05, 0) is 55.0 Å². The number of nitrogens with one attached hydrogen (secondary N) is 1. The monoisotopic (exact) mass is 365 g/mol. The number of hydrogen-bond donors (Lipinski definition) is 2. The van der Waals surface area contributed by atoms with Crippen LogP contribution in [0, 0.1) is 12.8 Å². The lowest BCUT2D eigenvalue weighted by Gasteiger charge is -2.14. The van der Waals surface area contributed by atoms with Gasteiger partial charge < -0.3 is 10.4 Å². The third-order valence-corrected chi connectivity index (χ3v) is 4.90. The molecule has 6 heteroatoms. The topological polar surface area (TPSA) is 75.1 Å². The molecular weight excluding hydrogens is 345 g/mol. The van der Waals surface area contributed by atoms with Crippen molar-refractivity contribution in [2.75, 3.05) is 5.32 Å². The van der Waals surface area contributed by atoms with Gasteiger partial charge in [-0.1, -0.05) is 12.1 Å². The van der Waals surface area contributed by atoms with Crippen LogP contribution in [0.3, 0.4) is 0 Å². The van der Waals surface area contributed by atoms with E-state index >= 15 is 0 Å². The molecule has 2 N–H and O–H groups in total. The lowest BCUT2D eigenvalue weighted by atomic mass is 9.95. The van der Waals surface area contributed by atoms with E-state index in [0.29, 0.717) is 17.9 Å². The van der Waals surface area contributed by atoms with Gasteiger partial charge in [0.15, 0.2) is 0 Å². The van der Waals surface area contributed by atoms with Gasteiger partial charge in [0, 0.05) is 23.3 Å². The van der Waals surface area contributed by atoms with Crippen LogP contribution in [-0.4, -0.2) is 27.2 Å². The second-order valence-corrected chi connectivity index (χ2v) is 7.04. The van der Waals surface area contributed by atoms with Crippen molar-refractivity contribution in [3.8, 4) is 11.1 Å². The van der Waals surface area contributed by atoms with Crippen LogP contribution in [0.15, 0.2) is 42.7 Å². The van der Waals surface area contributed by atoms with Crippen LogP contribution in [-0.2, 0) is 4.79 Å². The number of anilines is 1. The Balaban J connectivity index is 1.68. The quantitative estimate of drug-likeness (QED) is 0.734. The third-order valence-electron chi connectivity index (χ3n) is 4.90. The number of amides is 1. The summed E-state index contributed by atoms with van der Waals surface area (Å²) in [4.78, 5) is 20.5. The van der Waals surface area contributed by atoms with Gasteiger partial charge in [0.25, 0.3) is 0 Å². The molecule has 3 aromatic rings. The molecule has 2 heterocycles. The molecule has 27 heavy (non-hydrogen) atoms. The number of nitrogens with zero attached hydrogens (tertiary/aromatic N) is 2. The zero-order valence-corrected chi connectivity index (χ0v) is 15.1. The molecule has 0 saturated heterocycles. The van der Waals surface area contributed by atoms with Gasteiger partial charge in [0.05, 0.1) is 17.7 Å². The number of alkyl halides is 1. The zero-order valence-electron chi connectivity index (χ0n) is 15.1. The molecule has 1 amide bonds. The fourth-order valence-corrected chi connectivity index (χ4v) is 3.29. The van der Waals surface area contributed by atoms with Crippen molar-refractivity contribution in [2.24, 2.45) is 5.92 Å². The van der Waals surface area contributed by atoms with E-state index < -0.39 is 18.2 Å². The Labute approximate surface area is 156 Å². The summed E-state index contributed by atoms with van der Waals surface area (Å²) in [7, 11) is 0. The molecule has 3 atom stereocenters. The third kappa shape index (κ3) is 3.40. The maximum atomic E-state index is 13.0. The molecule has 1 saturated carbocycles. The van der Waals surface area contributed by atoms with Gasteiger partial charge in [-0.25, -0.2) is 9.37 Å². The van der Waals surface area contributed by atoms with E-state index in [1.807, 2.05) is 31.2 Å². The van der Waals surface area contributed by atoms with Crippen LogP contribution in [0.2, 0.25) is 0 Å². The molecule has 0 bridgehead atoms. The van der Waals surface area contributed by atoms with Crippen LogP contribution in [0.5, 0.6) is 0 Å². The number of carbonyl (C=O) groups excluding carboxylic acids is 1. The van der Waals surface area contributed by atoms with Gasteiger partial charge in [-0.2, -0.15) is 0 Å². The minimum atomic E-state index is -1.03. The number of carbonyl (C=O) groups is 1. The number of pyridine rings is 2. The van der Waals surface area contributed by atoms with Crippen LogP contribution >= 0.6 is 0 Å². The highest BCUT2D eigenvalue weighted by atomic mass is 19.1. The number of rotatable bonds is 4. The van der Waals surface area contributed by atoms with Crippen molar-refractivity contribution in [1.29, 1.82) is 0 Å². The highest BCUT2D eigenvalue weighted by molar-refractivity contribution is 5.96. The molecule has 0 aliphatic heterocycles. The van der Waals surface area contributed by atoms with E-state index in [1.54, 1.807) is 25.4 Å². The SMILES string of the molecule is Cc1ccnc(C(C)O)c1-c1ccc2cc(NC(=O)[C@@H]3C[C@@H]3F)ncc2c1. The van der Waals surface area contributed by atoms with Crippen molar-refractivity contribution in [3.05, 3.63) is 54.0 Å². The molecule has 1 aromatic carbocycles. The molecule has 5 nitrogen and oxygen atoms in total. The molecule has 1 fully saturated rings. The van der Waals surface area contributed by atoms with Crippen molar-refractivity contribution >= 4 is 22.5 Å². The lowest BCUT2D eigenvalue weighted by Crippen LogP contribution is -2.15. The van der Waals surface area contributed by atoms with E-state index in [-0.39, 0.29) is 5.91 Å². The first-order valence-electron chi connectivity index (χ1n) is 8.92. The van der Waals surface area contributed by atoms with E-state index in [9.17, 15) is 14.3 Å². The van der Waals surface area contributed by atoms with Crippen molar-refractivity contribution < 1.29 is 14.3 Å². The summed E-state index contributed by atoms with van der Waals surface area (Å²) in [6, 6.07) is 9.58. The van der Waals surface area contributed by atoms with Gasteiger partial charge in [-0.15, -0.1) is 0 Å². The van der Waals surface area contributed by atoms with Crippen LogP contribution in [0.1, 0.15) is 30.7 Å². The summed E-state index contributed by atoms with van der Waals surface area (Å²) >= 11 is 0. The molecule has 1 unspecified atom stereocenters. The number of aliphatic hydroxyl groups excluding tert-OH is 1. The molecule has 0 radical (unpaired) electrons. The number of fused-ring (bicyclic) bond motifs is 1. The molecule has 0 spiro atoms. The lowest BCUT2D eigenvalue weighted by molar-refractivity contribution is -0.117. The van der Waals surface area contributed by atoms with Crippen molar-refractivity contribution in [2.45, 2.75) is 32.5 Å². The van der Waals surface area contributed by atoms with E-state index in [1.165, 1.54) is 0 Å². The fraction of sp³-hybridized carbons (Fsp3) is 0.286. The number of benzene rings is 1. The van der Waals surface area contributed by atoms with E-state index in [4.69, 9.17) is 0 Å². The average Bonchev–Trinajstić information content (AvgIpc) is 3.38. The summed E-state index contributed by atoms with van der Waals surface area (Å²) in [6.07, 6.45) is 1.97. The van der Waals surface area contributed by atoms with Crippen LogP contribution in [0.25, 0.3) is 21.9 Å². The first kappa shape index (κ1) is 17.5. The minimum absolute atomic E-state index is 0.291. The first-order valence-corrected chi connectivity index (χ1v) is 8.92. The Hall–Kier alpha value is -2.86. The first-order chi connectivity index (χ1) is 12.9. The maximum absolute atomic E-state index is 13.0. The summed E-state index contributed by atoms with van der Waals surface area (Å²) in [6.45, 7) is 3.69. The number of hydrogen-bond acceptors (Lipinski definition) is 4. The number of aliphatic hydroxyl groups is 1. The zero-order chi connectivity index (χ0) is 19.1. The Morgan fingerprint density at radius 1 is 1.26 bits per heavy atom. The van der Waals surface area contributed by atoms with E-state index in [2.05, 4.69) is 15.3 Å². The van der Waals surface area contributed by atoms with Crippen LogP contribution in [0.4, 0.5) is 10.2 Å². The van der Waals surface area contributed by atoms with Gasteiger partial charge in [0.1, 0.15) is 12.0 Å². The summed E-state index contributed by atoms with van der Waals surface area (Å²) in [5, 5.41) is 14.5. The summed E-state index contributed by atoms with van der Waals surface area (Å²) in [5.41, 5.74) is 3.52. The Morgan fingerprint density at radius 3 is 2.74 bits per heavy atom. The van der Waals surface area contributed by atoms with Crippen LogP contribution < -0.4 is 5.32 Å². The average molecular weight is 365 g/mol. The predicted molar refractivity (Wildman–Crippen MR) is 102 cm³/mol. The molecule has 138 valence electrons. The maximum Gasteiger partial charge on any atom is 0.231 e. The second-order valence-electron chi connectivity index (χ2n) is 7.04. The number of halogens is 1. The smallest absolute Gasteiger partial charge is 0.231 e. The van der Waals surface area contributed by atoms with Gasteiger partial charge in [-0.3, -0.25) is 9.78 Å². The number of aromatic nitrogens is 2. The summed E-state index contributed by atoms with van der Waals surface area (Å²) < 4.78 is 13.0. The summed E-state index contributed by atoms with van der Waals surface area (Å²) in [5.74, 6) is -0.447.